The fourth-order valence-electron chi connectivity index (χ4n) is 5.37. The van der Waals surface area contributed by atoms with Crippen LogP contribution in [0.3, 0.4) is 0 Å². The smallest absolute Gasteiger partial charge is 0.0555 e. The SMILES string of the molecule is CC(c1ccccc1)N1CCC(N2c3ccccc3Sc3cc(-c4cccnc4)ccc32)CC1. The van der Waals surface area contributed by atoms with Gasteiger partial charge in [0.05, 0.1) is 11.4 Å². The molecule has 1 saturated heterocycles. The summed E-state index contributed by atoms with van der Waals surface area (Å²) >= 11 is 1.89. The third kappa shape index (κ3) is 4.02. The zero-order chi connectivity index (χ0) is 22.9. The summed E-state index contributed by atoms with van der Waals surface area (Å²) in [5, 5.41) is 0. The van der Waals surface area contributed by atoms with Gasteiger partial charge in [0.1, 0.15) is 0 Å². The number of anilines is 2. The molecular formula is C30H29N3S. The Hall–Kier alpha value is -3.08. The van der Waals surface area contributed by atoms with E-state index < -0.39 is 0 Å². The summed E-state index contributed by atoms with van der Waals surface area (Å²) in [7, 11) is 0. The van der Waals surface area contributed by atoms with E-state index in [0.29, 0.717) is 12.1 Å². The topological polar surface area (TPSA) is 19.4 Å². The fraction of sp³-hybridized carbons (Fsp3) is 0.233. The molecule has 0 radical (unpaired) electrons. The van der Waals surface area contributed by atoms with Crippen molar-refractivity contribution < 1.29 is 0 Å². The molecule has 0 bridgehead atoms. The van der Waals surface area contributed by atoms with Crippen molar-refractivity contribution in [1.82, 2.24) is 9.88 Å². The minimum Gasteiger partial charge on any atom is -0.336 e. The number of pyridine rings is 1. The Morgan fingerprint density at radius 1 is 0.794 bits per heavy atom. The second kappa shape index (κ2) is 9.28. The molecule has 0 amide bonds. The molecule has 1 atom stereocenters. The van der Waals surface area contributed by atoms with Crippen LogP contribution >= 0.6 is 11.8 Å². The van der Waals surface area contributed by atoms with Gasteiger partial charge < -0.3 is 4.90 Å². The first-order chi connectivity index (χ1) is 16.8. The summed E-state index contributed by atoms with van der Waals surface area (Å²) in [5.41, 5.74) is 6.49. The van der Waals surface area contributed by atoms with E-state index in [9.17, 15) is 0 Å². The Labute approximate surface area is 206 Å². The van der Waals surface area contributed by atoms with E-state index in [1.54, 1.807) is 0 Å². The maximum absolute atomic E-state index is 4.32. The molecule has 2 aliphatic heterocycles. The standard InChI is InChI=1S/C30H29N3S/c1-22(23-8-3-2-4-9-23)32-18-15-26(16-19-32)33-27-11-5-6-12-29(27)34-30-20-24(13-14-28(30)33)25-10-7-17-31-21-25/h2-14,17,20-22,26H,15-16,18-19H2,1H3. The highest BCUT2D eigenvalue weighted by Crippen LogP contribution is 2.51. The average Bonchev–Trinajstić information content (AvgIpc) is 2.92. The van der Waals surface area contributed by atoms with Gasteiger partial charge in [-0.2, -0.15) is 0 Å². The van der Waals surface area contributed by atoms with Crippen molar-refractivity contribution in [3.63, 3.8) is 0 Å². The monoisotopic (exact) mass is 463 g/mol. The molecule has 0 N–H and O–H groups in total. The third-order valence-corrected chi connectivity index (χ3v) is 8.36. The lowest BCUT2D eigenvalue weighted by atomic mass is 9.97. The van der Waals surface area contributed by atoms with Gasteiger partial charge in [0.15, 0.2) is 0 Å². The van der Waals surface area contributed by atoms with Gasteiger partial charge in [-0.3, -0.25) is 9.88 Å². The number of hydrogen-bond donors (Lipinski definition) is 0. The molecule has 0 saturated carbocycles. The van der Waals surface area contributed by atoms with Gasteiger partial charge in [0.2, 0.25) is 0 Å². The first-order valence-corrected chi connectivity index (χ1v) is 13.0. The van der Waals surface area contributed by atoms with Gasteiger partial charge in [-0.05, 0) is 61.2 Å². The zero-order valence-electron chi connectivity index (χ0n) is 19.5. The van der Waals surface area contributed by atoms with Crippen LogP contribution < -0.4 is 4.90 Å². The molecule has 6 rings (SSSR count). The van der Waals surface area contributed by atoms with Crippen molar-refractivity contribution in [2.75, 3.05) is 18.0 Å². The van der Waals surface area contributed by atoms with Gasteiger partial charge in [-0.1, -0.05) is 66.4 Å². The van der Waals surface area contributed by atoms with E-state index in [1.165, 1.54) is 50.7 Å². The van der Waals surface area contributed by atoms with Crippen molar-refractivity contribution in [3.8, 4) is 11.1 Å². The van der Waals surface area contributed by atoms with Crippen LogP contribution in [0, 0.1) is 0 Å². The summed E-state index contributed by atoms with van der Waals surface area (Å²) in [4.78, 5) is 12.3. The number of nitrogens with zero attached hydrogens (tertiary/aromatic N) is 3. The van der Waals surface area contributed by atoms with Crippen LogP contribution in [0.1, 0.15) is 31.4 Å². The summed E-state index contributed by atoms with van der Waals surface area (Å²) in [5.74, 6) is 0. The molecule has 3 nitrogen and oxygen atoms in total. The molecule has 2 aliphatic rings. The van der Waals surface area contributed by atoms with Gasteiger partial charge in [0, 0.05) is 52.9 Å². The molecule has 3 heterocycles. The quantitative estimate of drug-likeness (QED) is 0.311. The predicted molar refractivity (Wildman–Crippen MR) is 142 cm³/mol. The molecule has 1 unspecified atom stereocenters. The minimum absolute atomic E-state index is 0.459. The van der Waals surface area contributed by atoms with E-state index in [0.717, 1.165) is 13.1 Å². The molecule has 1 aromatic heterocycles. The number of fused-ring (bicyclic) bond motifs is 2. The van der Waals surface area contributed by atoms with Gasteiger partial charge in [0.25, 0.3) is 0 Å². The Kier molecular flexibility index (Phi) is 5.86. The highest BCUT2D eigenvalue weighted by molar-refractivity contribution is 7.99. The number of aromatic nitrogens is 1. The maximum atomic E-state index is 4.32. The summed E-state index contributed by atoms with van der Waals surface area (Å²) in [6, 6.07) is 31.8. The molecule has 170 valence electrons. The Bertz CT molecular complexity index is 1270. The number of rotatable bonds is 4. The summed E-state index contributed by atoms with van der Waals surface area (Å²) in [6.07, 6.45) is 6.12. The maximum Gasteiger partial charge on any atom is 0.0555 e. The van der Waals surface area contributed by atoms with Crippen molar-refractivity contribution >= 4 is 23.1 Å². The number of hydrogen-bond acceptors (Lipinski definition) is 4. The molecule has 3 aromatic carbocycles. The first-order valence-electron chi connectivity index (χ1n) is 12.2. The van der Waals surface area contributed by atoms with Crippen molar-refractivity contribution in [2.24, 2.45) is 0 Å². The van der Waals surface area contributed by atoms with Crippen molar-refractivity contribution in [2.45, 2.75) is 41.6 Å². The lowest BCUT2D eigenvalue weighted by molar-refractivity contribution is 0.163. The average molecular weight is 464 g/mol. The third-order valence-electron chi connectivity index (χ3n) is 7.25. The normalized spacial score (nSPS) is 17.1. The van der Waals surface area contributed by atoms with E-state index >= 15 is 0 Å². The van der Waals surface area contributed by atoms with Crippen molar-refractivity contribution in [1.29, 1.82) is 0 Å². The summed E-state index contributed by atoms with van der Waals surface area (Å²) < 4.78 is 0. The van der Waals surface area contributed by atoms with Crippen LogP contribution in [0.4, 0.5) is 11.4 Å². The Morgan fingerprint density at radius 3 is 2.35 bits per heavy atom. The molecule has 0 spiro atoms. The van der Waals surface area contributed by atoms with Crippen LogP contribution in [-0.2, 0) is 0 Å². The van der Waals surface area contributed by atoms with Crippen LogP contribution in [0.15, 0.2) is 107 Å². The molecular weight excluding hydrogens is 434 g/mol. The van der Waals surface area contributed by atoms with Crippen LogP contribution in [0.25, 0.3) is 11.1 Å². The lowest BCUT2D eigenvalue weighted by Gasteiger charge is -2.44. The van der Waals surface area contributed by atoms with Gasteiger partial charge in [-0.25, -0.2) is 0 Å². The van der Waals surface area contributed by atoms with Gasteiger partial charge in [-0.15, -0.1) is 0 Å². The second-order valence-corrected chi connectivity index (χ2v) is 10.3. The predicted octanol–water partition coefficient (Wildman–Crippen LogP) is 7.58. The molecule has 0 aliphatic carbocycles. The van der Waals surface area contributed by atoms with Gasteiger partial charge >= 0.3 is 0 Å². The number of para-hydroxylation sites is 1. The first kappa shape index (κ1) is 21.5. The van der Waals surface area contributed by atoms with E-state index in [2.05, 4.69) is 101 Å². The van der Waals surface area contributed by atoms with Crippen LogP contribution in [-0.4, -0.2) is 29.0 Å². The Morgan fingerprint density at radius 2 is 1.56 bits per heavy atom. The fourth-order valence-corrected chi connectivity index (χ4v) is 6.48. The molecule has 4 aromatic rings. The van der Waals surface area contributed by atoms with Crippen LogP contribution in [0.2, 0.25) is 0 Å². The Balaban J connectivity index is 1.29. The molecule has 4 heteroatoms. The number of piperidine rings is 1. The zero-order valence-corrected chi connectivity index (χ0v) is 20.3. The molecule has 34 heavy (non-hydrogen) atoms. The van der Waals surface area contributed by atoms with E-state index in [4.69, 9.17) is 0 Å². The summed E-state index contributed by atoms with van der Waals surface area (Å²) in [6.45, 7) is 4.59. The highest BCUT2D eigenvalue weighted by Gasteiger charge is 2.33. The van der Waals surface area contributed by atoms with E-state index in [1.807, 2.05) is 30.2 Å². The lowest BCUT2D eigenvalue weighted by Crippen LogP contribution is -2.44. The van der Waals surface area contributed by atoms with Crippen LogP contribution in [0.5, 0.6) is 0 Å². The molecule has 1 fully saturated rings. The largest absolute Gasteiger partial charge is 0.336 e. The van der Waals surface area contributed by atoms with Crippen molar-refractivity contribution in [3.05, 3.63) is 103 Å². The number of likely N-dealkylation sites (tertiary alicyclic amines) is 1. The second-order valence-electron chi connectivity index (χ2n) is 9.22. The van der Waals surface area contributed by atoms with E-state index in [-0.39, 0.29) is 0 Å². The minimum atomic E-state index is 0.459. The number of benzene rings is 3. The highest BCUT2D eigenvalue weighted by atomic mass is 32.2.